The molecule has 2 heterocycles. The Morgan fingerprint density at radius 2 is 1.72 bits per heavy atom. The predicted molar refractivity (Wildman–Crippen MR) is 100 cm³/mol. The molecule has 1 fully saturated rings. The number of hydrogen-bond donors (Lipinski definition) is 1. The number of carbonyl (C=O) groups is 2. The second-order valence-corrected chi connectivity index (χ2v) is 7.32. The number of aryl methyl sites for hydroxylation is 1. The summed E-state index contributed by atoms with van der Waals surface area (Å²) >= 11 is 0. The zero-order valence-electron chi connectivity index (χ0n) is 16.3. The van der Waals surface area contributed by atoms with Crippen LogP contribution in [0.3, 0.4) is 0 Å². The van der Waals surface area contributed by atoms with Gasteiger partial charge >= 0.3 is 6.18 Å². The van der Waals surface area contributed by atoms with Crippen molar-refractivity contribution in [3.05, 3.63) is 59.0 Å². The molecule has 1 aromatic heterocycles. The van der Waals surface area contributed by atoms with Crippen molar-refractivity contribution < 1.29 is 27.2 Å². The third-order valence-electron chi connectivity index (χ3n) is 5.16. The largest absolute Gasteiger partial charge is 0.464 e. The third-order valence-corrected chi connectivity index (χ3v) is 5.16. The highest BCUT2D eigenvalue weighted by molar-refractivity contribution is 5.94. The van der Waals surface area contributed by atoms with Crippen LogP contribution in [0.4, 0.5) is 13.2 Å². The Kier molecular flexibility index (Phi) is 6.00. The van der Waals surface area contributed by atoms with Crippen LogP contribution in [0, 0.1) is 12.8 Å². The highest BCUT2D eigenvalue weighted by Gasteiger charge is 2.31. The Balaban J connectivity index is 1.53. The standard InChI is InChI=1S/C21H23F3N2O3/c1-13-3-8-18(29-13)14(2)25-19(27)15-9-11-26(12-10-15)20(28)16-4-6-17(7-5-16)21(22,23)24/h3-8,14-15H,9-12H2,1-2H3,(H,25,27). The molecule has 5 nitrogen and oxygen atoms in total. The Bertz CT molecular complexity index is 866. The summed E-state index contributed by atoms with van der Waals surface area (Å²) in [7, 11) is 0. The molecule has 0 saturated carbocycles. The molecule has 156 valence electrons. The lowest BCUT2D eigenvalue weighted by molar-refractivity contribution is -0.137. The van der Waals surface area contributed by atoms with E-state index in [4.69, 9.17) is 4.42 Å². The molecular formula is C21H23F3N2O3. The first-order valence-electron chi connectivity index (χ1n) is 9.48. The first kappa shape index (κ1) is 21.0. The molecule has 29 heavy (non-hydrogen) atoms. The molecule has 0 radical (unpaired) electrons. The summed E-state index contributed by atoms with van der Waals surface area (Å²) < 4.78 is 43.5. The molecule has 1 aliphatic heterocycles. The van der Waals surface area contributed by atoms with Crippen molar-refractivity contribution in [2.45, 2.75) is 38.9 Å². The zero-order chi connectivity index (χ0) is 21.2. The maximum Gasteiger partial charge on any atom is 0.416 e. The van der Waals surface area contributed by atoms with Crippen LogP contribution >= 0.6 is 0 Å². The summed E-state index contributed by atoms with van der Waals surface area (Å²) in [6.07, 6.45) is -3.43. The fraction of sp³-hybridized carbons (Fsp3) is 0.429. The molecule has 2 aromatic rings. The molecule has 8 heteroatoms. The summed E-state index contributed by atoms with van der Waals surface area (Å²) in [5.41, 5.74) is -0.576. The molecule has 1 unspecified atom stereocenters. The van der Waals surface area contributed by atoms with E-state index in [1.54, 1.807) is 4.90 Å². The van der Waals surface area contributed by atoms with Crippen molar-refractivity contribution in [3.8, 4) is 0 Å². The van der Waals surface area contributed by atoms with Gasteiger partial charge < -0.3 is 14.6 Å². The molecule has 2 amide bonds. The molecular weight excluding hydrogens is 385 g/mol. The van der Waals surface area contributed by atoms with Crippen LogP contribution < -0.4 is 5.32 Å². The molecule has 1 N–H and O–H groups in total. The van der Waals surface area contributed by atoms with Crippen LogP contribution in [0.1, 0.15) is 53.2 Å². The average molecular weight is 408 g/mol. The van der Waals surface area contributed by atoms with E-state index in [0.717, 1.165) is 17.9 Å². The van der Waals surface area contributed by atoms with Gasteiger partial charge in [0.2, 0.25) is 5.91 Å². The van der Waals surface area contributed by atoms with Gasteiger partial charge in [0.25, 0.3) is 5.91 Å². The number of furan rings is 1. The van der Waals surface area contributed by atoms with E-state index in [1.165, 1.54) is 12.1 Å². The minimum Gasteiger partial charge on any atom is -0.464 e. The predicted octanol–water partition coefficient (Wildman–Crippen LogP) is 4.34. The van der Waals surface area contributed by atoms with E-state index >= 15 is 0 Å². The Morgan fingerprint density at radius 1 is 1.10 bits per heavy atom. The minimum atomic E-state index is -4.43. The van der Waals surface area contributed by atoms with Crippen LogP contribution in [0.15, 0.2) is 40.8 Å². The molecule has 0 aliphatic carbocycles. The van der Waals surface area contributed by atoms with Crippen molar-refractivity contribution in [3.63, 3.8) is 0 Å². The number of rotatable bonds is 4. The maximum absolute atomic E-state index is 12.7. The van der Waals surface area contributed by atoms with Crippen LogP contribution in [0.25, 0.3) is 0 Å². The highest BCUT2D eigenvalue weighted by Crippen LogP contribution is 2.29. The monoisotopic (exact) mass is 408 g/mol. The number of amides is 2. The number of nitrogens with one attached hydrogen (secondary N) is 1. The van der Waals surface area contributed by atoms with E-state index in [0.29, 0.717) is 31.7 Å². The molecule has 0 bridgehead atoms. The number of hydrogen-bond acceptors (Lipinski definition) is 3. The minimum absolute atomic E-state index is 0.0896. The summed E-state index contributed by atoms with van der Waals surface area (Å²) in [4.78, 5) is 26.6. The van der Waals surface area contributed by atoms with Gasteiger partial charge in [0.15, 0.2) is 0 Å². The third kappa shape index (κ3) is 4.99. The van der Waals surface area contributed by atoms with Crippen LogP contribution in [0.5, 0.6) is 0 Å². The summed E-state index contributed by atoms with van der Waals surface area (Å²) in [5, 5.41) is 2.93. The van der Waals surface area contributed by atoms with Gasteiger partial charge in [-0.15, -0.1) is 0 Å². The Labute approximate surface area is 166 Å². The topological polar surface area (TPSA) is 62.6 Å². The van der Waals surface area contributed by atoms with Crippen molar-refractivity contribution in [2.75, 3.05) is 13.1 Å². The van der Waals surface area contributed by atoms with Gasteiger partial charge in [-0.2, -0.15) is 13.2 Å². The van der Waals surface area contributed by atoms with Gasteiger partial charge in [-0.05, 0) is 63.1 Å². The average Bonchev–Trinajstić information content (AvgIpc) is 3.13. The lowest BCUT2D eigenvalue weighted by Crippen LogP contribution is -2.43. The van der Waals surface area contributed by atoms with Gasteiger partial charge in [-0.25, -0.2) is 0 Å². The Morgan fingerprint density at radius 3 is 2.24 bits per heavy atom. The maximum atomic E-state index is 12.7. The van der Waals surface area contributed by atoms with E-state index in [2.05, 4.69) is 5.32 Å². The smallest absolute Gasteiger partial charge is 0.416 e. The number of piperidine rings is 1. The number of alkyl halides is 3. The van der Waals surface area contributed by atoms with Crippen molar-refractivity contribution in [2.24, 2.45) is 5.92 Å². The fourth-order valence-electron chi connectivity index (χ4n) is 3.42. The Hall–Kier alpha value is -2.77. The first-order chi connectivity index (χ1) is 13.6. The fourth-order valence-corrected chi connectivity index (χ4v) is 3.42. The van der Waals surface area contributed by atoms with Crippen molar-refractivity contribution in [1.29, 1.82) is 0 Å². The number of nitrogens with zero attached hydrogens (tertiary/aromatic N) is 1. The van der Waals surface area contributed by atoms with E-state index in [1.807, 2.05) is 26.0 Å². The summed E-state index contributed by atoms with van der Waals surface area (Å²) in [6.45, 7) is 4.44. The van der Waals surface area contributed by atoms with Crippen LogP contribution in [-0.4, -0.2) is 29.8 Å². The summed E-state index contributed by atoms with van der Waals surface area (Å²) in [6, 6.07) is 7.61. The second-order valence-electron chi connectivity index (χ2n) is 7.32. The quantitative estimate of drug-likeness (QED) is 0.819. The molecule has 1 atom stereocenters. The first-order valence-corrected chi connectivity index (χ1v) is 9.48. The van der Waals surface area contributed by atoms with E-state index < -0.39 is 11.7 Å². The van der Waals surface area contributed by atoms with Crippen molar-refractivity contribution in [1.82, 2.24) is 10.2 Å². The number of halogens is 3. The normalized spacial score (nSPS) is 16.5. The molecule has 3 rings (SSSR count). The van der Waals surface area contributed by atoms with Gasteiger partial charge in [-0.3, -0.25) is 9.59 Å². The number of likely N-dealkylation sites (tertiary alicyclic amines) is 1. The van der Waals surface area contributed by atoms with E-state index in [9.17, 15) is 22.8 Å². The number of benzene rings is 1. The van der Waals surface area contributed by atoms with Gasteiger partial charge in [0.05, 0.1) is 11.6 Å². The second kappa shape index (κ2) is 8.31. The summed E-state index contributed by atoms with van der Waals surface area (Å²) in [5.74, 6) is 0.831. The highest BCUT2D eigenvalue weighted by atomic mass is 19.4. The van der Waals surface area contributed by atoms with Crippen LogP contribution in [0.2, 0.25) is 0 Å². The SMILES string of the molecule is Cc1ccc(C(C)NC(=O)C2CCN(C(=O)c3ccc(C(F)(F)F)cc3)CC2)o1. The van der Waals surface area contributed by atoms with Gasteiger partial charge in [-0.1, -0.05) is 0 Å². The van der Waals surface area contributed by atoms with Crippen molar-refractivity contribution >= 4 is 11.8 Å². The number of carbonyl (C=O) groups excluding carboxylic acids is 2. The lowest BCUT2D eigenvalue weighted by atomic mass is 9.95. The molecule has 0 spiro atoms. The van der Waals surface area contributed by atoms with Gasteiger partial charge in [0, 0.05) is 24.6 Å². The van der Waals surface area contributed by atoms with Gasteiger partial charge in [0.1, 0.15) is 11.5 Å². The molecule has 1 aliphatic rings. The molecule has 1 aromatic carbocycles. The lowest BCUT2D eigenvalue weighted by Gasteiger charge is -2.32. The zero-order valence-corrected chi connectivity index (χ0v) is 16.3. The van der Waals surface area contributed by atoms with Crippen LogP contribution in [-0.2, 0) is 11.0 Å². The van der Waals surface area contributed by atoms with E-state index in [-0.39, 0.29) is 29.3 Å². The molecule has 1 saturated heterocycles.